The standard InChI is InChI=1S/C17H15NO4/c19-16-8-9-18(16)15-7-6-12(17(20)21)10-13(15)11-22-14-4-2-1-3-5-14/h1-7,10H,8-9,11H2,(H,20,21). The van der Waals surface area contributed by atoms with Gasteiger partial charge in [-0.1, -0.05) is 18.2 Å². The van der Waals surface area contributed by atoms with Gasteiger partial charge in [0.15, 0.2) is 0 Å². The topological polar surface area (TPSA) is 66.8 Å². The molecule has 0 radical (unpaired) electrons. The highest BCUT2D eigenvalue weighted by Gasteiger charge is 2.27. The minimum Gasteiger partial charge on any atom is -0.489 e. The van der Waals surface area contributed by atoms with Crippen LogP contribution in [-0.2, 0) is 11.4 Å². The van der Waals surface area contributed by atoms with Gasteiger partial charge in [0.05, 0.1) is 11.3 Å². The third-order valence-corrected chi connectivity index (χ3v) is 3.61. The summed E-state index contributed by atoms with van der Waals surface area (Å²) in [4.78, 5) is 24.4. The maximum atomic E-state index is 11.6. The van der Waals surface area contributed by atoms with Gasteiger partial charge >= 0.3 is 5.97 Å². The fraction of sp³-hybridized carbons (Fsp3) is 0.176. The van der Waals surface area contributed by atoms with E-state index in [2.05, 4.69) is 0 Å². The number of ether oxygens (including phenoxy) is 1. The Morgan fingerprint density at radius 2 is 1.95 bits per heavy atom. The Morgan fingerprint density at radius 3 is 2.55 bits per heavy atom. The van der Waals surface area contributed by atoms with Gasteiger partial charge in [0, 0.05) is 18.5 Å². The van der Waals surface area contributed by atoms with E-state index in [1.165, 1.54) is 6.07 Å². The van der Waals surface area contributed by atoms with Crippen molar-refractivity contribution in [1.29, 1.82) is 0 Å². The molecule has 1 fully saturated rings. The second kappa shape index (κ2) is 5.89. The molecule has 3 rings (SSSR count). The van der Waals surface area contributed by atoms with E-state index in [-0.39, 0.29) is 18.1 Å². The van der Waals surface area contributed by atoms with E-state index in [4.69, 9.17) is 9.84 Å². The monoisotopic (exact) mass is 297 g/mol. The predicted molar refractivity (Wildman–Crippen MR) is 81.1 cm³/mol. The van der Waals surface area contributed by atoms with Crippen LogP contribution in [0, 0.1) is 0 Å². The van der Waals surface area contributed by atoms with Crippen molar-refractivity contribution >= 4 is 17.6 Å². The van der Waals surface area contributed by atoms with Gasteiger partial charge in [-0.05, 0) is 30.3 Å². The highest BCUT2D eigenvalue weighted by molar-refractivity contribution is 6.00. The molecule has 1 amide bonds. The minimum atomic E-state index is -0.998. The van der Waals surface area contributed by atoms with Gasteiger partial charge in [0.2, 0.25) is 5.91 Å². The SMILES string of the molecule is O=C(O)c1ccc(N2CCC2=O)c(COc2ccccc2)c1. The number of hydrogen-bond donors (Lipinski definition) is 1. The maximum absolute atomic E-state index is 11.6. The number of carboxylic acids is 1. The van der Waals surface area contributed by atoms with Crippen LogP contribution in [0.4, 0.5) is 5.69 Å². The summed E-state index contributed by atoms with van der Waals surface area (Å²) in [6.45, 7) is 0.869. The molecule has 1 N–H and O–H groups in total. The third kappa shape index (κ3) is 2.79. The summed E-state index contributed by atoms with van der Waals surface area (Å²) in [5.74, 6) is -0.254. The zero-order chi connectivity index (χ0) is 15.5. The van der Waals surface area contributed by atoms with Crippen LogP contribution in [0.1, 0.15) is 22.3 Å². The average molecular weight is 297 g/mol. The zero-order valence-electron chi connectivity index (χ0n) is 11.9. The number of carbonyl (C=O) groups is 2. The third-order valence-electron chi connectivity index (χ3n) is 3.61. The van der Waals surface area contributed by atoms with Crippen molar-refractivity contribution in [1.82, 2.24) is 0 Å². The molecule has 0 atom stereocenters. The van der Waals surface area contributed by atoms with Crippen LogP contribution in [0.2, 0.25) is 0 Å². The molecular formula is C17H15NO4. The molecule has 0 unspecified atom stereocenters. The second-order valence-electron chi connectivity index (χ2n) is 5.05. The number of benzene rings is 2. The van der Waals surface area contributed by atoms with Crippen LogP contribution < -0.4 is 9.64 Å². The van der Waals surface area contributed by atoms with Crippen molar-refractivity contribution in [3.8, 4) is 5.75 Å². The van der Waals surface area contributed by atoms with Crippen LogP contribution in [-0.4, -0.2) is 23.5 Å². The Bertz CT molecular complexity index is 712. The van der Waals surface area contributed by atoms with E-state index < -0.39 is 5.97 Å². The highest BCUT2D eigenvalue weighted by atomic mass is 16.5. The van der Waals surface area contributed by atoms with Crippen LogP contribution in [0.15, 0.2) is 48.5 Å². The molecule has 0 aliphatic carbocycles. The maximum Gasteiger partial charge on any atom is 0.335 e. The molecule has 2 aromatic carbocycles. The van der Waals surface area contributed by atoms with E-state index in [1.807, 2.05) is 30.3 Å². The molecule has 2 aromatic rings. The molecule has 1 aliphatic heterocycles. The molecule has 0 saturated carbocycles. The smallest absolute Gasteiger partial charge is 0.335 e. The largest absolute Gasteiger partial charge is 0.489 e. The predicted octanol–water partition coefficient (Wildman–Crippen LogP) is 2.70. The van der Waals surface area contributed by atoms with E-state index in [0.717, 1.165) is 5.69 Å². The van der Waals surface area contributed by atoms with Crippen LogP contribution in [0.3, 0.4) is 0 Å². The Balaban J connectivity index is 1.87. The summed E-state index contributed by atoms with van der Waals surface area (Å²) in [5, 5.41) is 9.13. The van der Waals surface area contributed by atoms with Crippen molar-refractivity contribution < 1.29 is 19.4 Å². The van der Waals surface area contributed by atoms with Gasteiger partial charge in [-0.15, -0.1) is 0 Å². The lowest BCUT2D eigenvalue weighted by Crippen LogP contribution is -2.44. The van der Waals surface area contributed by atoms with Crippen molar-refractivity contribution in [3.05, 3.63) is 59.7 Å². The average Bonchev–Trinajstić information content (AvgIpc) is 2.53. The summed E-state index contributed by atoms with van der Waals surface area (Å²) >= 11 is 0. The fourth-order valence-electron chi connectivity index (χ4n) is 2.34. The molecule has 1 saturated heterocycles. The van der Waals surface area contributed by atoms with Crippen LogP contribution in [0.5, 0.6) is 5.75 Å². The first-order valence-electron chi connectivity index (χ1n) is 6.99. The minimum absolute atomic E-state index is 0.0454. The normalized spacial score (nSPS) is 13.6. The molecular weight excluding hydrogens is 282 g/mol. The van der Waals surface area contributed by atoms with E-state index in [0.29, 0.717) is 24.3 Å². The van der Waals surface area contributed by atoms with Crippen molar-refractivity contribution in [2.75, 3.05) is 11.4 Å². The van der Waals surface area contributed by atoms with Crippen LogP contribution >= 0.6 is 0 Å². The molecule has 0 spiro atoms. The Labute approximate surface area is 127 Å². The van der Waals surface area contributed by atoms with Crippen molar-refractivity contribution in [2.24, 2.45) is 0 Å². The van der Waals surface area contributed by atoms with Gasteiger partial charge in [-0.3, -0.25) is 4.79 Å². The van der Waals surface area contributed by atoms with Gasteiger partial charge in [0.25, 0.3) is 0 Å². The number of nitrogens with zero attached hydrogens (tertiary/aromatic N) is 1. The quantitative estimate of drug-likeness (QED) is 0.862. The van der Waals surface area contributed by atoms with E-state index in [9.17, 15) is 9.59 Å². The lowest BCUT2D eigenvalue weighted by molar-refractivity contribution is -0.122. The highest BCUT2D eigenvalue weighted by Crippen LogP contribution is 2.28. The molecule has 0 aromatic heterocycles. The Morgan fingerprint density at radius 1 is 1.18 bits per heavy atom. The molecule has 0 bridgehead atoms. The number of aromatic carboxylic acids is 1. The summed E-state index contributed by atoms with van der Waals surface area (Å²) in [5.41, 5.74) is 1.59. The zero-order valence-corrected chi connectivity index (χ0v) is 11.9. The van der Waals surface area contributed by atoms with Crippen molar-refractivity contribution in [3.63, 3.8) is 0 Å². The lowest BCUT2D eigenvalue weighted by atomic mass is 10.0. The Hall–Kier alpha value is -2.82. The first kappa shape index (κ1) is 14.1. The molecule has 22 heavy (non-hydrogen) atoms. The molecule has 1 aliphatic rings. The number of anilines is 1. The second-order valence-corrected chi connectivity index (χ2v) is 5.05. The first-order chi connectivity index (χ1) is 10.6. The number of hydrogen-bond acceptors (Lipinski definition) is 3. The van der Waals surface area contributed by atoms with Crippen LogP contribution in [0.25, 0.3) is 0 Å². The van der Waals surface area contributed by atoms with E-state index >= 15 is 0 Å². The molecule has 112 valence electrons. The van der Waals surface area contributed by atoms with Gasteiger partial charge < -0.3 is 14.7 Å². The molecule has 5 heteroatoms. The van der Waals surface area contributed by atoms with Gasteiger partial charge in [0.1, 0.15) is 12.4 Å². The Kier molecular flexibility index (Phi) is 3.78. The van der Waals surface area contributed by atoms with Gasteiger partial charge in [-0.2, -0.15) is 0 Å². The molecule has 5 nitrogen and oxygen atoms in total. The summed E-state index contributed by atoms with van der Waals surface area (Å²) in [6, 6.07) is 14.0. The van der Waals surface area contributed by atoms with Gasteiger partial charge in [-0.25, -0.2) is 4.79 Å². The number of rotatable bonds is 5. The number of para-hydroxylation sites is 1. The number of carbonyl (C=O) groups excluding carboxylic acids is 1. The number of amides is 1. The summed E-state index contributed by atoms with van der Waals surface area (Å²) in [7, 11) is 0. The molecule has 1 heterocycles. The first-order valence-corrected chi connectivity index (χ1v) is 6.99. The summed E-state index contributed by atoms with van der Waals surface area (Å²) < 4.78 is 5.69. The lowest BCUT2D eigenvalue weighted by Gasteiger charge is -2.32. The summed E-state index contributed by atoms with van der Waals surface area (Å²) in [6.07, 6.45) is 0.527. The number of carboxylic acid groups (broad SMARTS) is 1. The fourth-order valence-corrected chi connectivity index (χ4v) is 2.34. The van der Waals surface area contributed by atoms with Crippen molar-refractivity contribution in [2.45, 2.75) is 13.0 Å². The van der Waals surface area contributed by atoms with E-state index in [1.54, 1.807) is 17.0 Å². The number of β-lactam (4-membered cyclic amide) rings is 1.